The van der Waals surface area contributed by atoms with Crippen LogP contribution in [0.2, 0.25) is 5.02 Å². The molecule has 3 aromatic rings. The summed E-state index contributed by atoms with van der Waals surface area (Å²) < 4.78 is 2.06. The fraction of sp³-hybridized carbons (Fsp3) is 0.176. The van der Waals surface area contributed by atoms with Gasteiger partial charge in [0.1, 0.15) is 11.9 Å². The molecule has 0 saturated carbocycles. The summed E-state index contributed by atoms with van der Waals surface area (Å²) in [6.45, 7) is 0.815. The maximum atomic E-state index is 6.21. The van der Waals surface area contributed by atoms with E-state index in [1.165, 1.54) is 0 Å². The maximum Gasteiger partial charge on any atom is 0.111 e. The Hall–Kier alpha value is -2.29. The Bertz CT molecular complexity index is 857. The molecule has 0 bridgehead atoms. The lowest BCUT2D eigenvalue weighted by atomic mass is 10.1. The van der Waals surface area contributed by atoms with Crippen LogP contribution in [0.4, 0.5) is 0 Å². The first-order valence-electron chi connectivity index (χ1n) is 8.02. The van der Waals surface area contributed by atoms with Crippen molar-refractivity contribution in [2.75, 3.05) is 0 Å². The lowest BCUT2D eigenvalue weighted by Gasteiger charge is -2.09. The van der Waals surface area contributed by atoms with Gasteiger partial charge in [-0.05, 0) is 35.7 Å². The third kappa shape index (κ3) is 3.71. The highest BCUT2D eigenvalue weighted by atomic mass is 35.5. The topological polar surface area (TPSA) is 78.8 Å². The molecular weight excluding hydrogens is 338 g/mol. The van der Waals surface area contributed by atoms with Crippen LogP contribution in [0.25, 0.3) is 11.4 Å². The smallest absolute Gasteiger partial charge is 0.111 e. The standard InChI is InChI=1S/C17H18ClN7/c18-14-4-2-1-3-12(14)6-8-25-10-16(20-11-25)15-9-13(5-7-19-15)17-21-23-24-22-17/h1-5,7,9-11,17,21-24H,6,8H2. The van der Waals surface area contributed by atoms with Gasteiger partial charge >= 0.3 is 0 Å². The first-order valence-corrected chi connectivity index (χ1v) is 8.40. The molecule has 1 saturated heterocycles. The van der Waals surface area contributed by atoms with Crippen molar-refractivity contribution in [3.63, 3.8) is 0 Å². The summed E-state index contributed by atoms with van der Waals surface area (Å²) in [4.78, 5) is 8.92. The van der Waals surface area contributed by atoms with Crippen LogP contribution in [0.1, 0.15) is 17.3 Å². The van der Waals surface area contributed by atoms with Crippen LogP contribution in [0.5, 0.6) is 0 Å². The van der Waals surface area contributed by atoms with Crippen LogP contribution < -0.4 is 21.9 Å². The van der Waals surface area contributed by atoms with E-state index in [1.54, 1.807) is 6.20 Å². The third-order valence-electron chi connectivity index (χ3n) is 4.11. The molecule has 1 aliphatic rings. The Morgan fingerprint density at radius 1 is 1.04 bits per heavy atom. The highest BCUT2D eigenvalue weighted by Gasteiger charge is 2.16. The highest BCUT2D eigenvalue weighted by molar-refractivity contribution is 6.31. The zero-order chi connectivity index (χ0) is 17.1. The molecule has 1 aliphatic heterocycles. The van der Waals surface area contributed by atoms with Gasteiger partial charge in [0.15, 0.2) is 0 Å². The van der Waals surface area contributed by atoms with E-state index >= 15 is 0 Å². The van der Waals surface area contributed by atoms with Crippen molar-refractivity contribution in [1.82, 2.24) is 36.5 Å². The molecule has 1 aromatic carbocycles. The summed E-state index contributed by atoms with van der Waals surface area (Å²) in [5, 5.41) is 0.802. The second kappa shape index (κ2) is 7.30. The van der Waals surface area contributed by atoms with E-state index in [4.69, 9.17) is 11.6 Å². The summed E-state index contributed by atoms with van der Waals surface area (Å²) in [6, 6.07) is 11.9. The zero-order valence-electron chi connectivity index (χ0n) is 13.4. The van der Waals surface area contributed by atoms with Crippen molar-refractivity contribution in [2.45, 2.75) is 19.1 Å². The second-order valence-corrected chi connectivity index (χ2v) is 6.19. The maximum absolute atomic E-state index is 6.21. The number of hydrogen-bond acceptors (Lipinski definition) is 6. The third-order valence-corrected chi connectivity index (χ3v) is 4.47. The number of nitrogens with zero attached hydrogens (tertiary/aromatic N) is 3. The first kappa shape index (κ1) is 16.2. The molecule has 0 atom stereocenters. The van der Waals surface area contributed by atoms with Crippen LogP contribution in [-0.2, 0) is 13.0 Å². The highest BCUT2D eigenvalue weighted by Crippen LogP contribution is 2.20. The summed E-state index contributed by atoms with van der Waals surface area (Å²) >= 11 is 6.21. The van der Waals surface area contributed by atoms with Crippen LogP contribution in [0.3, 0.4) is 0 Å². The molecule has 0 aliphatic carbocycles. The molecular formula is C17H18ClN7. The summed E-state index contributed by atoms with van der Waals surface area (Å²) in [6.07, 6.45) is 6.46. The lowest BCUT2D eigenvalue weighted by molar-refractivity contribution is 0.554. The van der Waals surface area contributed by atoms with E-state index < -0.39 is 0 Å². The zero-order valence-corrected chi connectivity index (χ0v) is 14.2. The largest absolute Gasteiger partial charge is 0.336 e. The molecule has 2 aromatic heterocycles. The van der Waals surface area contributed by atoms with Crippen LogP contribution in [0, 0.1) is 0 Å². The van der Waals surface area contributed by atoms with E-state index in [0.29, 0.717) is 0 Å². The first-order chi connectivity index (χ1) is 12.3. The van der Waals surface area contributed by atoms with Crippen molar-refractivity contribution in [1.29, 1.82) is 0 Å². The molecule has 0 unspecified atom stereocenters. The fourth-order valence-electron chi connectivity index (χ4n) is 2.75. The van der Waals surface area contributed by atoms with Crippen LogP contribution in [-0.4, -0.2) is 14.5 Å². The monoisotopic (exact) mass is 355 g/mol. The fourth-order valence-corrected chi connectivity index (χ4v) is 2.98. The predicted octanol–water partition coefficient (Wildman–Crippen LogP) is 1.96. The number of imidazole rings is 1. The van der Waals surface area contributed by atoms with Gasteiger partial charge in [0, 0.05) is 24.0 Å². The molecule has 0 amide bonds. The minimum Gasteiger partial charge on any atom is -0.336 e. The van der Waals surface area contributed by atoms with Gasteiger partial charge in [-0.2, -0.15) is 11.1 Å². The van der Waals surface area contributed by atoms with E-state index in [9.17, 15) is 0 Å². The molecule has 3 heterocycles. The number of nitrogens with one attached hydrogen (secondary N) is 4. The number of benzene rings is 1. The van der Waals surface area contributed by atoms with E-state index in [0.717, 1.165) is 40.5 Å². The molecule has 25 heavy (non-hydrogen) atoms. The number of aryl methyl sites for hydroxylation is 2. The number of hydrogen-bond donors (Lipinski definition) is 4. The van der Waals surface area contributed by atoms with Crippen molar-refractivity contribution in [3.8, 4) is 11.4 Å². The average Bonchev–Trinajstić information content (AvgIpc) is 3.33. The van der Waals surface area contributed by atoms with Gasteiger partial charge < -0.3 is 4.57 Å². The lowest BCUT2D eigenvalue weighted by Crippen LogP contribution is -2.33. The number of hydrazine groups is 3. The number of halogens is 1. The Kier molecular flexibility index (Phi) is 4.73. The van der Waals surface area contributed by atoms with Gasteiger partial charge in [0.25, 0.3) is 0 Å². The van der Waals surface area contributed by atoms with Gasteiger partial charge in [0.2, 0.25) is 0 Å². The quantitative estimate of drug-likeness (QED) is 0.560. The van der Waals surface area contributed by atoms with Crippen molar-refractivity contribution in [2.24, 2.45) is 0 Å². The van der Waals surface area contributed by atoms with Gasteiger partial charge in [-0.15, -0.1) is 0 Å². The predicted molar refractivity (Wildman–Crippen MR) is 95.9 cm³/mol. The van der Waals surface area contributed by atoms with E-state index in [1.807, 2.05) is 42.9 Å². The van der Waals surface area contributed by atoms with Crippen LogP contribution >= 0.6 is 11.6 Å². The minimum atomic E-state index is -0.0240. The van der Waals surface area contributed by atoms with Gasteiger partial charge in [-0.25, -0.2) is 15.8 Å². The molecule has 7 nitrogen and oxygen atoms in total. The number of pyridine rings is 1. The molecule has 0 radical (unpaired) electrons. The summed E-state index contributed by atoms with van der Waals surface area (Å²) in [7, 11) is 0. The van der Waals surface area contributed by atoms with E-state index in [-0.39, 0.29) is 6.17 Å². The Morgan fingerprint density at radius 2 is 1.88 bits per heavy atom. The van der Waals surface area contributed by atoms with Crippen molar-refractivity contribution < 1.29 is 0 Å². The van der Waals surface area contributed by atoms with Gasteiger partial charge in [-0.1, -0.05) is 29.8 Å². The summed E-state index contributed by atoms with van der Waals surface area (Å²) in [5.74, 6) is 0. The van der Waals surface area contributed by atoms with E-state index in [2.05, 4.69) is 42.5 Å². The summed E-state index contributed by atoms with van der Waals surface area (Å²) in [5.41, 5.74) is 15.6. The Balaban J connectivity index is 1.47. The second-order valence-electron chi connectivity index (χ2n) is 5.78. The SMILES string of the molecule is Clc1ccccc1CCn1cnc(-c2cc(C3NNNN3)ccn2)c1. The Morgan fingerprint density at radius 3 is 2.72 bits per heavy atom. The molecule has 0 spiro atoms. The normalized spacial score (nSPS) is 14.9. The van der Waals surface area contributed by atoms with Crippen LogP contribution in [0.15, 0.2) is 55.1 Å². The number of rotatable bonds is 5. The molecule has 128 valence electrons. The molecule has 4 rings (SSSR count). The van der Waals surface area contributed by atoms with Crippen molar-refractivity contribution >= 4 is 11.6 Å². The molecule has 1 fully saturated rings. The average molecular weight is 356 g/mol. The molecule has 8 heteroatoms. The van der Waals surface area contributed by atoms with Gasteiger partial charge in [0.05, 0.1) is 12.0 Å². The number of aromatic nitrogens is 3. The van der Waals surface area contributed by atoms with Crippen molar-refractivity contribution in [3.05, 3.63) is 71.3 Å². The molecule has 4 N–H and O–H groups in total. The minimum absolute atomic E-state index is 0.0240. The van der Waals surface area contributed by atoms with Gasteiger partial charge in [-0.3, -0.25) is 4.98 Å². The Labute approximate surface area is 150 Å².